The van der Waals surface area contributed by atoms with E-state index in [2.05, 4.69) is 10.0 Å². The van der Waals surface area contributed by atoms with Crippen LogP contribution in [0.4, 0.5) is 0 Å². The third-order valence-corrected chi connectivity index (χ3v) is 9.10. The number of aliphatic hydroxyl groups excluding tert-OH is 13. The van der Waals surface area contributed by atoms with E-state index in [1.54, 1.807) is 0 Å². The largest absolute Gasteiger partial charge is 0.394 e. The standard InChI is InChI=1S/C28H49N3O22/c29-31-30-1-2-45-3-4-46-25-21(44)22(16(39)12(8-35)47-25)51-27-24(19(42)15(38)10(6-33)49-27)53-28-23(18(41)14(37)11(7-34)50-28)52-26-20(43)17(40)13(36)9(5-32)48-26/h9-28,32-44H,1-8H2/t9?,10?,11?,12?,13-,14-,15-,16-,17?,18?,19?,20?,21?,22?,23?,24?,25+,26-,27-,28-/m1/s1. The molecule has 20 atom stereocenters. The fourth-order valence-corrected chi connectivity index (χ4v) is 6.09. The van der Waals surface area contributed by atoms with Gasteiger partial charge in [-0.2, -0.15) is 0 Å². The van der Waals surface area contributed by atoms with E-state index in [9.17, 15) is 66.4 Å². The van der Waals surface area contributed by atoms with E-state index in [1.807, 2.05) is 0 Å². The zero-order chi connectivity index (χ0) is 39.0. The summed E-state index contributed by atoms with van der Waals surface area (Å²) in [4.78, 5) is 2.58. The molecule has 0 aromatic carbocycles. The van der Waals surface area contributed by atoms with E-state index >= 15 is 0 Å². The summed E-state index contributed by atoms with van der Waals surface area (Å²) in [6.45, 7) is -3.62. The first kappa shape index (κ1) is 44.1. The molecule has 0 spiro atoms. The van der Waals surface area contributed by atoms with Crippen molar-refractivity contribution in [3.63, 3.8) is 0 Å². The minimum atomic E-state index is -2.05. The zero-order valence-electron chi connectivity index (χ0n) is 28.0. The number of aliphatic hydroxyl groups is 13. The van der Waals surface area contributed by atoms with Crippen molar-refractivity contribution in [2.24, 2.45) is 5.11 Å². The molecule has 0 radical (unpaired) electrons. The molecule has 12 unspecified atom stereocenters. The summed E-state index contributed by atoms with van der Waals surface area (Å²) < 4.78 is 50.1. The van der Waals surface area contributed by atoms with Crippen LogP contribution in [0.25, 0.3) is 10.4 Å². The van der Waals surface area contributed by atoms with Gasteiger partial charge in [-0.1, -0.05) is 5.11 Å². The normalized spacial score (nSPS) is 46.5. The molecule has 4 saturated heterocycles. The minimum absolute atomic E-state index is 0.0421. The second-order valence-corrected chi connectivity index (χ2v) is 12.6. The van der Waals surface area contributed by atoms with Crippen molar-refractivity contribution >= 4 is 0 Å². The molecule has 0 saturated carbocycles. The summed E-state index contributed by atoms with van der Waals surface area (Å²) in [5.41, 5.74) is 8.34. The molecule has 53 heavy (non-hydrogen) atoms. The highest BCUT2D eigenvalue weighted by molar-refractivity contribution is 4.98. The summed E-state index contributed by atoms with van der Waals surface area (Å²) >= 11 is 0. The summed E-state index contributed by atoms with van der Waals surface area (Å²) in [5.74, 6) is 0. The first-order valence-corrected chi connectivity index (χ1v) is 16.7. The molecule has 25 heteroatoms. The Kier molecular flexibility index (Phi) is 17.1. The summed E-state index contributed by atoms with van der Waals surface area (Å²) in [7, 11) is 0. The van der Waals surface area contributed by atoms with Crippen molar-refractivity contribution in [2.75, 3.05) is 52.8 Å². The molecule has 4 aliphatic heterocycles. The van der Waals surface area contributed by atoms with Gasteiger partial charge in [0.2, 0.25) is 0 Å². The molecule has 4 aliphatic rings. The number of hydrogen-bond acceptors (Lipinski definition) is 23. The van der Waals surface area contributed by atoms with Gasteiger partial charge in [0, 0.05) is 11.5 Å². The molecular formula is C28H49N3O22. The lowest BCUT2D eigenvalue weighted by Crippen LogP contribution is -2.68. The van der Waals surface area contributed by atoms with Crippen LogP contribution in [-0.2, 0) is 42.6 Å². The van der Waals surface area contributed by atoms with Crippen LogP contribution in [0.1, 0.15) is 0 Å². The maximum Gasteiger partial charge on any atom is 0.187 e. The Balaban J connectivity index is 1.57. The highest BCUT2D eigenvalue weighted by Crippen LogP contribution is 2.35. The number of azide groups is 1. The third-order valence-electron chi connectivity index (χ3n) is 9.10. The highest BCUT2D eigenvalue weighted by atomic mass is 16.8. The second kappa shape index (κ2) is 20.6. The Hall–Kier alpha value is -1.57. The lowest BCUT2D eigenvalue weighted by atomic mass is 9.95. The van der Waals surface area contributed by atoms with Crippen LogP contribution in [0.2, 0.25) is 0 Å². The fourth-order valence-electron chi connectivity index (χ4n) is 6.09. The van der Waals surface area contributed by atoms with Gasteiger partial charge in [0.15, 0.2) is 25.2 Å². The van der Waals surface area contributed by atoms with Crippen LogP contribution in [-0.4, -0.2) is 242 Å². The van der Waals surface area contributed by atoms with E-state index in [4.69, 9.17) is 48.2 Å². The molecule has 13 N–H and O–H groups in total. The van der Waals surface area contributed by atoms with Crippen LogP contribution < -0.4 is 0 Å². The molecule has 25 nitrogen and oxygen atoms in total. The summed E-state index contributed by atoms with van der Waals surface area (Å²) in [6.07, 6.45) is -36.3. The fraction of sp³-hybridized carbons (Fsp3) is 1.00. The lowest BCUT2D eigenvalue weighted by Gasteiger charge is -2.49. The molecular weight excluding hydrogens is 730 g/mol. The van der Waals surface area contributed by atoms with Crippen molar-refractivity contribution in [3.8, 4) is 0 Å². The highest BCUT2D eigenvalue weighted by Gasteiger charge is 2.56. The van der Waals surface area contributed by atoms with Gasteiger partial charge in [-0.3, -0.25) is 0 Å². The summed E-state index contributed by atoms with van der Waals surface area (Å²) in [6, 6.07) is 0. The Bertz CT molecular complexity index is 1140. The zero-order valence-corrected chi connectivity index (χ0v) is 28.0. The smallest absolute Gasteiger partial charge is 0.187 e. The number of ether oxygens (including phenoxy) is 9. The van der Waals surface area contributed by atoms with Gasteiger partial charge in [0.1, 0.15) is 97.7 Å². The van der Waals surface area contributed by atoms with Crippen molar-refractivity contribution in [1.29, 1.82) is 0 Å². The predicted octanol–water partition coefficient (Wildman–Crippen LogP) is -8.40. The predicted molar refractivity (Wildman–Crippen MR) is 162 cm³/mol. The van der Waals surface area contributed by atoms with Crippen LogP contribution in [0.5, 0.6) is 0 Å². The van der Waals surface area contributed by atoms with E-state index in [0.29, 0.717) is 0 Å². The average molecular weight is 780 g/mol. The van der Waals surface area contributed by atoms with Crippen molar-refractivity contribution in [3.05, 3.63) is 10.4 Å². The van der Waals surface area contributed by atoms with E-state index in [0.717, 1.165) is 0 Å². The van der Waals surface area contributed by atoms with Crippen LogP contribution in [0.15, 0.2) is 5.11 Å². The molecule has 4 rings (SSSR count). The van der Waals surface area contributed by atoms with Gasteiger partial charge in [-0.25, -0.2) is 0 Å². The summed E-state index contributed by atoms with van der Waals surface area (Å²) in [5, 5.41) is 139. The Labute approximate surface area is 300 Å². The third kappa shape index (κ3) is 10.2. The van der Waals surface area contributed by atoms with Crippen molar-refractivity contribution in [1.82, 2.24) is 0 Å². The van der Waals surface area contributed by atoms with E-state index < -0.39 is 149 Å². The Morgan fingerprint density at radius 2 is 0.887 bits per heavy atom. The maximum absolute atomic E-state index is 11.2. The molecule has 0 bridgehead atoms. The molecule has 0 amide bonds. The topological polar surface area (TPSA) is 395 Å². The van der Waals surface area contributed by atoms with Gasteiger partial charge in [-0.05, 0) is 5.53 Å². The first-order chi connectivity index (χ1) is 25.3. The van der Waals surface area contributed by atoms with Gasteiger partial charge >= 0.3 is 0 Å². The molecule has 4 heterocycles. The van der Waals surface area contributed by atoms with Crippen molar-refractivity contribution < 1.29 is 109 Å². The van der Waals surface area contributed by atoms with Gasteiger partial charge in [0.25, 0.3) is 0 Å². The first-order valence-electron chi connectivity index (χ1n) is 16.7. The SMILES string of the molecule is [N-]=[N+]=NCCOCCO[C@H]1OC(CO)[C@@H](O)C(O[C@H]2OC(CO)[C@@H](O)C(O)C2O[C@H]2OC(CO)[C@@H](O)C(O)C2O[C@H]2OC(CO)[C@@H](O)C(O)C2O)C1O. The lowest BCUT2D eigenvalue weighted by molar-refractivity contribution is -0.403. The number of hydrogen-bond donors (Lipinski definition) is 13. The van der Waals surface area contributed by atoms with Crippen LogP contribution in [0.3, 0.4) is 0 Å². The van der Waals surface area contributed by atoms with Crippen LogP contribution in [0, 0.1) is 0 Å². The molecule has 4 fully saturated rings. The van der Waals surface area contributed by atoms with Crippen LogP contribution >= 0.6 is 0 Å². The minimum Gasteiger partial charge on any atom is -0.394 e. The second-order valence-electron chi connectivity index (χ2n) is 12.6. The Morgan fingerprint density at radius 1 is 0.453 bits per heavy atom. The van der Waals surface area contributed by atoms with Gasteiger partial charge in [-0.15, -0.1) is 0 Å². The van der Waals surface area contributed by atoms with E-state index in [-0.39, 0.29) is 26.4 Å². The van der Waals surface area contributed by atoms with Gasteiger partial charge < -0.3 is 109 Å². The van der Waals surface area contributed by atoms with Gasteiger partial charge in [0.05, 0.1) is 46.2 Å². The van der Waals surface area contributed by atoms with Crippen molar-refractivity contribution in [2.45, 2.75) is 123 Å². The Morgan fingerprint density at radius 3 is 1.40 bits per heavy atom. The quantitative estimate of drug-likeness (QED) is 0.0282. The average Bonchev–Trinajstić information content (AvgIpc) is 3.15. The maximum atomic E-state index is 11.2. The molecule has 0 aromatic heterocycles. The molecule has 0 aromatic rings. The molecule has 308 valence electrons. The number of rotatable bonds is 17. The van der Waals surface area contributed by atoms with E-state index in [1.165, 1.54) is 0 Å². The number of nitrogens with zero attached hydrogens (tertiary/aromatic N) is 3. The monoisotopic (exact) mass is 779 g/mol. The molecule has 0 aliphatic carbocycles.